The van der Waals surface area contributed by atoms with Crippen molar-refractivity contribution in [3.8, 4) is 0 Å². The molecule has 1 atom stereocenters. The van der Waals surface area contributed by atoms with Crippen molar-refractivity contribution in [2.24, 2.45) is 5.92 Å². The number of nitrogens with zero attached hydrogens (tertiary/aromatic N) is 4. The minimum Gasteiger partial charge on any atom is -0.310 e. The van der Waals surface area contributed by atoms with Crippen LogP contribution in [0.2, 0.25) is 0 Å². The predicted octanol–water partition coefficient (Wildman–Crippen LogP) is 3.54. The van der Waals surface area contributed by atoms with Crippen molar-refractivity contribution < 1.29 is 17.2 Å². The fraction of sp³-hybridized carbons (Fsp3) is 0.400. The summed E-state index contributed by atoms with van der Waals surface area (Å²) < 4.78 is 56.0. The highest BCUT2D eigenvalue weighted by atomic mass is 32.2. The van der Waals surface area contributed by atoms with Crippen LogP contribution in [0.3, 0.4) is 0 Å². The standard InChI is InChI=1S/C20H22F2N4O2S/c1-13(2)26-19(24-18-4-3-6-23-20(18)26)8-14-5-7-25(12-14)29(27,28)17-10-15(21)9-16(22)11-17/h3-4,6,9-11,13-14H,5,7-8,12H2,1-2H3/t14-/m1/s1. The maximum absolute atomic E-state index is 13.5. The summed E-state index contributed by atoms with van der Waals surface area (Å²) in [6.45, 7) is 4.72. The molecular formula is C20H22F2N4O2S. The maximum atomic E-state index is 13.5. The molecule has 3 heterocycles. The van der Waals surface area contributed by atoms with E-state index in [2.05, 4.69) is 23.4 Å². The summed E-state index contributed by atoms with van der Waals surface area (Å²) in [5.41, 5.74) is 1.63. The smallest absolute Gasteiger partial charge is 0.243 e. The number of sulfonamides is 1. The number of hydrogen-bond acceptors (Lipinski definition) is 4. The van der Waals surface area contributed by atoms with Crippen LogP contribution >= 0.6 is 0 Å². The van der Waals surface area contributed by atoms with Gasteiger partial charge in [-0.15, -0.1) is 0 Å². The monoisotopic (exact) mass is 420 g/mol. The molecule has 1 aliphatic heterocycles. The Morgan fingerprint density at radius 3 is 2.62 bits per heavy atom. The molecule has 1 aromatic carbocycles. The zero-order valence-corrected chi connectivity index (χ0v) is 17.0. The third-order valence-corrected chi connectivity index (χ3v) is 7.07. The van der Waals surface area contributed by atoms with E-state index in [9.17, 15) is 17.2 Å². The van der Waals surface area contributed by atoms with E-state index in [1.807, 2.05) is 12.1 Å². The van der Waals surface area contributed by atoms with Gasteiger partial charge < -0.3 is 4.57 Å². The lowest BCUT2D eigenvalue weighted by Crippen LogP contribution is -2.29. The van der Waals surface area contributed by atoms with Crippen LogP contribution in [0.15, 0.2) is 41.4 Å². The van der Waals surface area contributed by atoms with E-state index in [0.29, 0.717) is 25.5 Å². The molecule has 0 saturated carbocycles. The molecule has 1 saturated heterocycles. The molecule has 4 rings (SSSR count). The molecule has 0 bridgehead atoms. The number of pyridine rings is 1. The summed E-state index contributed by atoms with van der Waals surface area (Å²) in [5.74, 6) is -0.873. The lowest BCUT2D eigenvalue weighted by molar-refractivity contribution is 0.446. The number of imidazole rings is 1. The Morgan fingerprint density at radius 2 is 1.93 bits per heavy atom. The molecule has 154 valence electrons. The van der Waals surface area contributed by atoms with E-state index in [-0.39, 0.29) is 23.4 Å². The van der Waals surface area contributed by atoms with Crippen molar-refractivity contribution in [2.75, 3.05) is 13.1 Å². The Kier molecular flexibility index (Phi) is 5.12. The molecule has 0 unspecified atom stereocenters. The first-order valence-electron chi connectivity index (χ1n) is 9.54. The SMILES string of the molecule is CC(C)n1c(C[C@H]2CCN(S(=O)(=O)c3cc(F)cc(F)c3)C2)nc2cccnc21. The van der Waals surface area contributed by atoms with Gasteiger partial charge in [0.05, 0.1) is 4.90 Å². The van der Waals surface area contributed by atoms with Crippen molar-refractivity contribution >= 4 is 21.2 Å². The molecule has 0 spiro atoms. The first-order valence-corrected chi connectivity index (χ1v) is 11.0. The highest BCUT2D eigenvalue weighted by Gasteiger charge is 2.34. The molecule has 2 aromatic heterocycles. The van der Waals surface area contributed by atoms with Gasteiger partial charge >= 0.3 is 0 Å². The number of rotatable bonds is 5. The van der Waals surface area contributed by atoms with Crippen molar-refractivity contribution in [1.29, 1.82) is 0 Å². The van der Waals surface area contributed by atoms with Gasteiger partial charge in [0.2, 0.25) is 10.0 Å². The molecule has 1 aliphatic rings. The van der Waals surface area contributed by atoms with Gasteiger partial charge in [-0.05, 0) is 50.5 Å². The Morgan fingerprint density at radius 1 is 1.21 bits per heavy atom. The minimum atomic E-state index is -3.95. The molecule has 9 heteroatoms. The fourth-order valence-corrected chi connectivity index (χ4v) is 5.50. The Labute approximate surface area is 168 Å². The first-order chi connectivity index (χ1) is 13.8. The quantitative estimate of drug-likeness (QED) is 0.633. The number of halogens is 2. The van der Waals surface area contributed by atoms with Crippen LogP contribution < -0.4 is 0 Å². The zero-order chi connectivity index (χ0) is 20.8. The highest BCUT2D eigenvalue weighted by molar-refractivity contribution is 7.89. The van der Waals surface area contributed by atoms with Gasteiger partial charge in [0.1, 0.15) is 23.0 Å². The number of aromatic nitrogens is 3. The summed E-state index contributed by atoms with van der Waals surface area (Å²) in [6.07, 6.45) is 3.00. The average molecular weight is 420 g/mol. The van der Waals surface area contributed by atoms with Crippen LogP contribution in [0, 0.1) is 17.6 Å². The lowest BCUT2D eigenvalue weighted by Gasteiger charge is -2.18. The number of hydrogen-bond donors (Lipinski definition) is 0. The lowest BCUT2D eigenvalue weighted by atomic mass is 10.0. The Bertz CT molecular complexity index is 1140. The van der Waals surface area contributed by atoms with Crippen LogP contribution in [-0.4, -0.2) is 40.3 Å². The van der Waals surface area contributed by atoms with Crippen LogP contribution in [0.5, 0.6) is 0 Å². The topological polar surface area (TPSA) is 68.1 Å². The largest absolute Gasteiger partial charge is 0.310 e. The van der Waals surface area contributed by atoms with E-state index in [1.165, 1.54) is 4.31 Å². The summed E-state index contributed by atoms with van der Waals surface area (Å²) in [5, 5.41) is 0. The Balaban J connectivity index is 1.57. The molecule has 0 aliphatic carbocycles. The van der Waals surface area contributed by atoms with Gasteiger partial charge in [-0.3, -0.25) is 0 Å². The van der Waals surface area contributed by atoms with Crippen LogP contribution in [-0.2, 0) is 16.4 Å². The summed E-state index contributed by atoms with van der Waals surface area (Å²) in [6, 6.07) is 6.29. The molecule has 0 radical (unpaired) electrons. The van der Waals surface area contributed by atoms with Crippen LogP contribution in [0.4, 0.5) is 8.78 Å². The van der Waals surface area contributed by atoms with Gasteiger partial charge in [-0.25, -0.2) is 27.2 Å². The van der Waals surface area contributed by atoms with E-state index >= 15 is 0 Å². The third kappa shape index (κ3) is 3.76. The zero-order valence-electron chi connectivity index (χ0n) is 16.2. The predicted molar refractivity (Wildman–Crippen MR) is 105 cm³/mol. The highest BCUT2D eigenvalue weighted by Crippen LogP contribution is 2.29. The van der Waals surface area contributed by atoms with Gasteiger partial charge in [-0.2, -0.15) is 4.31 Å². The normalized spacial score (nSPS) is 18.2. The van der Waals surface area contributed by atoms with Crippen molar-refractivity contribution in [1.82, 2.24) is 18.8 Å². The van der Waals surface area contributed by atoms with Gasteiger partial charge in [-0.1, -0.05) is 0 Å². The third-order valence-electron chi connectivity index (χ3n) is 5.23. The first kappa shape index (κ1) is 19.9. The van der Waals surface area contributed by atoms with Gasteiger partial charge in [0, 0.05) is 37.8 Å². The molecule has 29 heavy (non-hydrogen) atoms. The summed E-state index contributed by atoms with van der Waals surface area (Å²) in [7, 11) is -3.95. The minimum absolute atomic E-state index is 0.0671. The molecule has 3 aromatic rings. The summed E-state index contributed by atoms with van der Waals surface area (Å²) in [4.78, 5) is 8.78. The summed E-state index contributed by atoms with van der Waals surface area (Å²) >= 11 is 0. The molecule has 1 fully saturated rings. The fourth-order valence-electron chi connectivity index (χ4n) is 3.93. The molecule has 6 nitrogen and oxygen atoms in total. The van der Waals surface area contributed by atoms with Crippen molar-refractivity contribution in [2.45, 2.75) is 37.6 Å². The molecule has 0 amide bonds. The van der Waals surface area contributed by atoms with E-state index in [0.717, 1.165) is 29.1 Å². The van der Waals surface area contributed by atoms with E-state index in [4.69, 9.17) is 4.98 Å². The second-order valence-electron chi connectivity index (χ2n) is 7.66. The van der Waals surface area contributed by atoms with Crippen LogP contribution in [0.1, 0.15) is 32.1 Å². The number of benzene rings is 1. The van der Waals surface area contributed by atoms with E-state index in [1.54, 1.807) is 6.20 Å². The van der Waals surface area contributed by atoms with Crippen LogP contribution in [0.25, 0.3) is 11.2 Å². The van der Waals surface area contributed by atoms with Crippen molar-refractivity contribution in [3.05, 3.63) is 54.0 Å². The average Bonchev–Trinajstić information content (AvgIpc) is 3.25. The number of fused-ring (bicyclic) bond motifs is 1. The van der Waals surface area contributed by atoms with Gasteiger partial charge in [0.15, 0.2) is 5.65 Å². The second-order valence-corrected chi connectivity index (χ2v) is 9.60. The molecule has 0 N–H and O–H groups in total. The second kappa shape index (κ2) is 7.46. The molecular weight excluding hydrogens is 398 g/mol. The van der Waals surface area contributed by atoms with Crippen molar-refractivity contribution in [3.63, 3.8) is 0 Å². The Hall–Kier alpha value is -2.39. The van der Waals surface area contributed by atoms with Gasteiger partial charge in [0.25, 0.3) is 0 Å². The van der Waals surface area contributed by atoms with E-state index < -0.39 is 21.7 Å². The maximum Gasteiger partial charge on any atom is 0.243 e.